The van der Waals surface area contributed by atoms with Gasteiger partial charge in [-0.25, -0.2) is 15.0 Å². The fourth-order valence-electron chi connectivity index (χ4n) is 4.16. The molecule has 2 aromatic heterocycles. The average Bonchev–Trinajstić information content (AvgIpc) is 3.27. The normalized spacial score (nSPS) is 15.6. The zero-order chi connectivity index (χ0) is 22.5. The highest BCUT2D eigenvalue weighted by atomic mass is 16.5. The number of nitrogens with one attached hydrogen (secondary N) is 1. The molecular weight excluding hydrogens is 402 g/mol. The SMILES string of the molecule is COc1ccc(CCC(=O)N2CCCC2c2cccc(Nc3nc(C)cc(C)n3)n2)cc1. The number of pyridine rings is 1. The first-order chi connectivity index (χ1) is 15.5. The molecule has 7 nitrogen and oxygen atoms in total. The Morgan fingerprint density at radius 3 is 2.56 bits per heavy atom. The summed E-state index contributed by atoms with van der Waals surface area (Å²) in [6, 6.07) is 15.7. The lowest BCUT2D eigenvalue weighted by molar-refractivity contribution is -0.132. The lowest BCUT2D eigenvalue weighted by atomic mass is 10.1. The first-order valence-corrected chi connectivity index (χ1v) is 11.0. The number of amides is 1. The molecule has 32 heavy (non-hydrogen) atoms. The standard InChI is InChI=1S/C25H29N5O2/c1-17-16-18(2)27-25(26-17)29-23-8-4-6-21(28-23)22-7-5-15-30(22)24(31)14-11-19-9-12-20(32-3)13-10-19/h4,6,8-10,12-13,16,22H,5,7,11,14-15H2,1-3H3,(H,26,27,28,29). The molecule has 1 fully saturated rings. The number of nitrogens with zero attached hydrogens (tertiary/aromatic N) is 4. The van der Waals surface area contributed by atoms with Gasteiger partial charge in [0, 0.05) is 24.4 Å². The molecule has 0 radical (unpaired) electrons. The Balaban J connectivity index is 1.43. The molecule has 1 aromatic carbocycles. The number of benzene rings is 1. The van der Waals surface area contributed by atoms with E-state index in [4.69, 9.17) is 9.72 Å². The van der Waals surface area contributed by atoms with Crippen LogP contribution in [0.5, 0.6) is 5.75 Å². The molecule has 1 amide bonds. The van der Waals surface area contributed by atoms with Crippen molar-refractivity contribution in [2.45, 2.75) is 45.6 Å². The molecule has 3 aromatic rings. The Kier molecular flexibility index (Phi) is 6.63. The fraction of sp³-hybridized carbons (Fsp3) is 0.360. The van der Waals surface area contributed by atoms with E-state index in [1.165, 1.54) is 0 Å². The maximum absolute atomic E-state index is 13.0. The van der Waals surface area contributed by atoms with Gasteiger partial charge in [-0.3, -0.25) is 4.79 Å². The predicted molar refractivity (Wildman–Crippen MR) is 124 cm³/mol. The van der Waals surface area contributed by atoms with Gasteiger partial charge in [-0.15, -0.1) is 0 Å². The molecule has 0 spiro atoms. The number of hydrogen-bond acceptors (Lipinski definition) is 6. The Morgan fingerprint density at radius 2 is 1.84 bits per heavy atom. The second kappa shape index (κ2) is 9.77. The topological polar surface area (TPSA) is 80.2 Å². The van der Waals surface area contributed by atoms with Crippen molar-refractivity contribution in [2.24, 2.45) is 0 Å². The van der Waals surface area contributed by atoms with Crippen LogP contribution in [0.3, 0.4) is 0 Å². The minimum Gasteiger partial charge on any atom is -0.497 e. The van der Waals surface area contributed by atoms with Gasteiger partial charge in [-0.1, -0.05) is 18.2 Å². The van der Waals surface area contributed by atoms with Crippen LogP contribution in [0, 0.1) is 13.8 Å². The summed E-state index contributed by atoms with van der Waals surface area (Å²) in [7, 11) is 1.65. The van der Waals surface area contributed by atoms with Crippen molar-refractivity contribution in [3.05, 3.63) is 71.2 Å². The number of hydrogen-bond donors (Lipinski definition) is 1. The molecule has 1 aliphatic heterocycles. The van der Waals surface area contributed by atoms with Crippen LogP contribution in [0.1, 0.15) is 47.9 Å². The number of aromatic nitrogens is 3. The van der Waals surface area contributed by atoms with Crippen LogP contribution < -0.4 is 10.1 Å². The van der Waals surface area contributed by atoms with Crippen LogP contribution >= 0.6 is 0 Å². The Morgan fingerprint density at radius 1 is 1.09 bits per heavy atom. The molecule has 0 aliphatic carbocycles. The van der Waals surface area contributed by atoms with E-state index in [0.29, 0.717) is 24.6 Å². The van der Waals surface area contributed by atoms with Gasteiger partial charge in [0.25, 0.3) is 0 Å². The van der Waals surface area contributed by atoms with E-state index in [1.54, 1.807) is 7.11 Å². The van der Waals surface area contributed by atoms with Gasteiger partial charge in [0.2, 0.25) is 11.9 Å². The summed E-state index contributed by atoms with van der Waals surface area (Å²) in [6.07, 6.45) is 3.10. The number of carbonyl (C=O) groups excluding carboxylic acids is 1. The van der Waals surface area contributed by atoms with E-state index in [-0.39, 0.29) is 11.9 Å². The fourth-order valence-corrected chi connectivity index (χ4v) is 4.16. The van der Waals surface area contributed by atoms with Gasteiger partial charge < -0.3 is 15.0 Å². The summed E-state index contributed by atoms with van der Waals surface area (Å²) in [5, 5.41) is 3.20. The molecule has 3 heterocycles. The smallest absolute Gasteiger partial charge is 0.228 e. The van der Waals surface area contributed by atoms with Gasteiger partial charge in [0.1, 0.15) is 11.6 Å². The van der Waals surface area contributed by atoms with Crippen molar-refractivity contribution in [1.29, 1.82) is 0 Å². The van der Waals surface area contributed by atoms with Crippen molar-refractivity contribution < 1.29 is 9.53 Å². The average molecular weight is 432 g/mol. The number of carbonyl (C=O) groups is 1. The van der Waals surface area contributed by atoms with Crippen molar-refractivity contribution >= 4 is 17.7 Å². The van der Waals surface area contributed by atoms with E-state index in [1.807, 2.05) is 67.3 Å². The first kappa shape index (κ1) is 21.7. The third-order valence-electron chi connectivity index (χ3n) is 5.69. The molecule has 1 N–H and O–H groups in total. The predicted octanol–water partition coefficient (Wildman–Crippen LogP) is 4.54. The summed E-state index contributed by atoms with van der Waals surface area (Å²) in [5.41, 5.74) is 3.84. The number of aryl methyl sites for hydroxylation is 3. The maximum Gasteiger partial charge on any atom is 0.228 e. The Hall–Kier alpha value is -3.48. The second-order valence-corrected chi connectivity index (χ2v) is 8.14. The number of likely N-dealkylation sites (tertiary alicyclic amines) is 1. The molecule has 1 unspecified atom stereocenters. The van der Waals surface area contributed by atoms with Crippen LogP contribution in [-0.4, -0.2) is 39.4 Å². The second-order valence-electron chi connectivity index (χ2n) is 8.14. The lowest BCUT2D eigenvalue weighted by Gasteiger charge is -2.25. The summed E-state index contributed by atoms with van der Waals surface area (Å²) < 4.78 is 5.20. The van der Waals surface area contributed by atoms with E-state index in [9.17, 15) is 4.79 Å². The number of anilines is 2. The van der Waals surface area contributed by atoms with Gasteiger partial charge in [0.05, 0.1) is 18.8 Å². The first-order valence-electron chi connectivity index (χ1n) is 11.0. The number of rotatable bonds is 7. The summed E-state index contributed by atoms with van der Waals surface area (Å²) in [5.74, 6) is 2.21. The molecular formula is C25H29N5O2. The molecule has 1 saturated heterocycles. The van der Waals surface area contributed by atoms with E-state index in [2.05, 4.69) is 15.3 Å². The highest BCUT2D eigenvalue weighted by molar-refractivity contribution is 5.77. The van der Waals surface area contributed by atoms with Crippen molar-refractivity contribution in [3.8, 4) is 5.75 Å². The summed E-state index contributed by atoms with van der Waals surface area (Å²) in [6.45, 7) is 4.65. The van der Waals surface area contributed by atoms with Crippen LogP contribution in [0.15, 0.2) is 48.5 Å². The Bertz CT molecular complexity index is 1060. The molecule has 0 saturated carbocycles. The quantitative estimate of drug-likeness (QED) is 0.592. The highest BCUT2D eigenvalue weighted by Gasteiger charge is 2.30. The van der Waals surface area contributed by atoms with Crippen LogP contribution in [0.4, 0.5) is 11.8 Å². The molecule has 1 atom stereocenters. The molecule has 7 heteroatoms. The minimum absolute atomic E-state index is 0.000260. The molecule has 0 bridgehead atoms. The van der Waals surface area contributed by atoms with Crippen LogP contribution in [0.2, 0.25) is 0 Å². The van der Waals surface area contributed by atoms with Crippen molar-refractivity contribution in [1.82, 2.24) is 19.9 Å². The van der Waals surface area contributed by atoms with E-state index in [0.717, 1.165) is 47.8 Å². The maximum atomic E-state index is 13.0. The zero-order valence-corrected chi connectivity index (χ0v) is 18.8. The molecule has 4 rings (SSSR count). The van der Waals surface area contributed by atoms with Gasteiger partial charge in [-0.2, -0.15) is 0 Å². The number of ether oxygens (including phenoxy) is 1. The zero-order valence-electron chi connectivity index (χ0n) is 18.8. The monoisotopic (exact) mass is 431 g/mol. The lowest BCUT2D eigenvalue weighted by Crippen LogP contribution is -2.31. The van der Waals surface area contributed by atoms with Gasteiger partial charge in [0.15, 0.2) is 0 Å². The largest absolute Gasteiger partial charge is 0.497 e. The van der Waals surface area contributed by atoms with E-state index >= 15 is 0 Å². The van der Waals surface area contributed by atoms with Crippen LogP contribution in [-0.2, 0) is 11.2 Å². The summed E-state index contributed by atoms with van der Waals surface area (Å²) >= 11 is 0. The third kappa shape index (κ3) is 5.22. The Labute approximate surface area is 188 Å². The highest BCUT2D eigenvalue weighted by Crippen LogP contribution is 2.32. The minimum atomic E-state index is 0.000260. The molecule has 1 aliphatic rings. The summed E-state index contributed by atoms with van der Waals surface area (Å²) in [4.78, 5) is 28.6. The van der Waals surface area contributed by atoms with Gasteiger partial charge in [-0.05, 0) is 69.0 Å². The van der Waals surface area contributed by atoms with Crippen LogP contribution in [0.25, 0.3) is 0 Å². The van der Waals surface area contributed by atoms with E-state index < -0.39 is 0 Å². The van der Waals surface area contributed by atoms with Gasteiger partial charge >= 0.3 is 0 Å². The third-order valence-corrected chi connectivity index (χ3v) is 5.69. The van der Waals surface area contributed by atoms with Crippen molar-refractivity contribution in [2.75, 3.05) is 19.0 Å². The molecule has 166 valence electrons. The number of methoxy groups -OCH3 is 1. The van der Waals surface area contributed by atoms with Crippen molar-refractivity contribution in [3.63, 3.8) is 0 Å².